The van der Waals surface area contributed by atoms with E-state index in [-0.39, 0.29) is 0 Å². The van der Waals surface area contributed by atoms with Crippen molar-refractivity contribution in [1.82, 2.24) is 18.7 Å². The first-order valence-electron chi connectivity index (χ1n) is 20.2. The molecule has 0 amide bonds. The molecule has 9 aromatic carbocycles. The molecule has 59 heavy (non-hydrogen) atoms. The second kappa shape index (κ2) is 12.3. The Morgan fingerprint density at radius 3 is 1.37 bits per heavy atom. The summed E-state index contributed by atoms with van der Waals surface area (Å²) in [6.45, 7) is 0. The Morgan fingerprint density at radius 1 is 0.254 bits per heavy atom. The monoisotopic (exact) mass is 750 g/mol. The summed E-state index contributed by atoms with van der Waals surface area (Å²) in [5.41, 5.74) is 13.5. The molecule has 4 heteroatoms. The Morgan fingerprint density at radius 2 is 0.729 bits per heavy atom. The van der Waals surface area contributed by atoms with E-state index in [1.807, 2.05) is 0 Å². The van der Waals surface area contributed by atoms with Crippen molar-refractivity contribution in [1.29, 1.82) is 0 Å². The molecule has 0 aliphatic carbocycles. The van der Waals surface area contributed by atoms with E-state index in [1.165, 1.54) is 70.8 Å². The second-order valence-corrected chi connectivity index (χ2v) is 15.6. The predicted octanol–water partition coefficient (Wildman–Crippen LogP) is 14.3. The first-order chi connectivity index (χ1) is 29.3. The Labute approximate surface area is 339 Å². The molecule has 4 aromatic heterocycles. The first kappa shape index (κ1) is 32.2. The summed E-state index contributed by atoms with van der Waals surface area (Å²) in [6, 6.07) is 74.9. The van der Waals surface area contributed by atoms with Crippen molar-refractivity contribution < 1.29 is 0 Å². The molecule has 13 rings (SSSR count). The fourth-order valence-electron chi connectivity index (χ4n) is 9.86. The Balaban J connectivity index is 1.05. The molecule has 4 nitrogen and oxygen atoms in total. The molecule has 13 aromatic rings. The maximum absolute atomic E-state index is 5.45. The highest BCUT2D eigenvalue weighted by Crippen LogP contribution is 2.42. The van der Waals surface area contributed by atoms with Crippen LogP contribution in [0.5, 0.6) is 0 Å². The van der Waals surface area contributed by atoms with Crippen molar-refractivity contribution in [3.63, 3.8) is 0 Å². The summed E-state index contributed by atoms with van der Waals surface area (Å²) in [7, 11) is 0. The molecule has 274 valence electrons. The van der Waals surface area contributed by atoms with Crippen molar-refractivity contribution in [2.75, 3.05) is 0 Å². The van der Waals surface area contributed by atoms with E-state index < -0.39 is 0 Å². The smallest absolute Gasteiger partial charge is 0.0789 e. The zero-order valence-electron chi connectivity index (χ0n) is 31.9. The highest BCUT2D eigenvalue weighted by Gasteiger charge is 2.20. The molecule has 0 saturated heterocycles. The molecule has 0 bridgehead atoms. The number of para-hydroxylation sites is 6. The maximum atomic E-state index is 5.45. The number of nitrogens with zero attached hydrogens (tertiary/aromatic N) is 4. The number of pyridine rings is 1. The minimum Gasteiger partial charge on any atom is -0.309 e. The van der Waals surface area contributed by atoms with Gasteiger partial charge in [-0.3, -0.25) is 0 Å². The minimum atomic E-state index is 0.974. The number of fused-ring (bicyclic) bond motifs is 12. The van der Waals surface area contributed by atoms with Gasteiger partial charge in [0.25, 0.3) is 0 Å². The van der Waals surface area contributed by atoms with Crippen molar-refractivity contribution in [3.8, 4) is 28.3 Å². The molecule has 0 fully saturated rings. The molecule has 0 unspecified atom stereocenters. The van der Waals surface area contributed by atoms with Crippen molar-refractivity contribution in [2.24, 2.45) is 0 Å². The summed E-state index contributed by atoms with van der Waals surface area (Å²) < 4.78 is 7.21. The normalized spacial score (nSPS) is 12.1. The molecule has 0 atom stereocenters. The van der Waals surface area contributed by atoms with Gasteiger partial charge < -0.3 is 13.7 Å². The highest BCUT2D eigenvalue weighted by atomic mass is 15.0. The SMILES string of the molecule is c1ccc(-n2c3ccccc3c3cc4c(cc32)c(-c2cccc(-n3c5ccccc5c5cc(-n6c7ccccc7c7ccccc76)ccc53)c2)nc2ccccc24)cc1. The van der Waals surface area contributed by atoms with Gasteiger partial charge in [-0.1, -0.05) is 121 Å². The molecule has 0 N–H and O–H groups in total. The van der Waals surface area contributed by atoms with E-state index in [0.717, 1.165) is 44.6 Å². The molecule has 4 heterocycles. The molecule has 0 saturated carbocycles. The Bertz CT molecular complexity index is 3790. The molecular weight excluding hydrogens is 717 g/mol. The average Bonchev–Trinajstić information content (AvgIpc) is 3.94. The first-order valence-corrected chi connectivity index (χ1v) is 20.2. The zero-order chi connectivity index (χ0) is 38.6. The van der Waals surface area contributed by atoms with Gasteiger partial charge in [0, 0.05) is 65.7 Å². The van der Waals surface area contributed by atoms with Gasteiger partial charge in [-0.05, 0) is 90.3 Å². The van der Waals surface area contributed by atoms with Crippen LogP contribution in [-0.4, -0.2) is 18.7 Å². The van der Waals surface area contributed by atoms with E-state index in [9.17, 15) is 0 Å². The lowest BCUT2D eigenvalue weighted by Gasteiger charge is -2.14. The van der Waals surface area contributed by atoms with Gasteiger partial charge in [-0.15, -0.1) is 0 Å². The van der Waals surface area contributed by atoms with Crippen molar-refractivity contribution in [2.45, 2.75) is 0 Å². The Kier molecular flexibility index (Phi) is 6.69. The second-order valence-electron chi connectivity index (χ2n) is 15.6. The Hall–Kier alpha value is -7.95. The van der Waals surface area contributed by atoms with Crippen LogP contribution in [-0.2, 0) is 0 Å². The summed E-state index contributed by atoms with van der Waals surface area (Å²) in [6.07, 6.45) is 0. The van der Waals surface area contributed by atoms with E-state index in [2.05, 4.69) is 220 Å². The third-order valence-corrected chi connectivity index (χ3v) is 12.4. The number of hydrogen-bond donors (Lipinski definition) is 0. The fourth-order valence-corrected chi connectivity index (χ4v) is 9.86. The van der Waals surface area contributed by atoms with Gasteiger partial charge in [0.2, 0.25) is 0 Å². The van der Waals surface area contributed by atoms with Crippen LogP contribution in [0.25, 0.3) is 115 Å². The van der Waals surface area contributed by atoms with E-state index in [0.29, 0.717) is 0 Å². The van der Waals surface area contributed by atoms with Crippen LogP contribution in [0.1, 0.15) is 0 Å². The van der Waals surface area contributed by atoms with E-state index in [1.54, 1.807) is 0 Å². The third-order valence-electron chi connectivity index (χ3n) is 12.4. The summed E-state index contributed by atoms with van der Waals surface area (Å²) in [4.78, 5) is 5.45. The van der Waals surface area contributed by atoms with Gasteiger partial charge in [0.15, 0.2) is 0 Å². The van der Waals surface area contributed by atoms with E-state index >= 15 is 0 Å². The molecule has 0 spiro atoms. The topological polar surface area (TPSA) is 27.7 Å². The van der Waals surface area contributed by atoms with Crippen LogP contribution in [0.2, 0.25) is 0 Å². The fraction of sp³-hybridized carbons (Fsp3) is 0. The lowest BCUT2D eigenvalue weighted by Crippen LogP contribution is -1.97. The zero-order valence-corrected chi connectivity index (χ0v) is 31.9. The number of benzene rings is 9. The predicted molar refractivity (Wildman–Crippen MR) is 248 cm³/mol. The van der Waals surface area contributed by atoms with E-state index in [4.69, 9.17) is 4.98 Å². The maximum Gasteiger partial charge on any atom is 0.0789 e. The van der Waals surface area contributed by atoms with Crippen LogP contribution >= 0.6 is 0 Å². The quantitative estimate of drug-likeness (QED) is 0.165. The number of rotatable bonds is 4. The van der Waals surface area contributed by atoms with Gasteiger partial charge in [-0.2, -0.15) is 0 Å². The van der Waals surface area contributed by atoms with Crippen LogP contribution in [0, 0.1) is 0 Å². The lowest BCUT2D eigenvalue weighted by molar-refractivity contribution is 1.16. The highest BCUT2D eigenvalue weighted by molar-refractivity contribution is 6.20. The van der Waals surface area contributed by atoms with Gasteiger partial charge in [0.1, 0.15) is 0 Å². The average molecular weight is 751 g/mol. The van der Waals surface area contributed by atoms with Gasteiger partial charge in [-0.25, -0.2) is 4.98 Å². The largest absolute Gasteiger partial charge is 0.309 e. The van der Waals surface area contributed by atoms with Crippen LogP contribution < -0.4 is 0 Å². The van der Waals surface area contributed by atoms with Crippen molar-refractivity contribution >= 4 is 87.1 Å². The van der Waals surface area contributed by atoms with Crippen LogP contribution in [0.3, 0.4) is 0 Å². The van der Waals surface area contributed by atoms with Gasteiger partial charge in [0.05, 0.1) is 44.3 Å². The number of hydrogen-bond acceptors (Lipinski definition) is 1. The molecule has 0 aliphatic heterocycles. The molecule has 0 aliphatic rings. The lowest BCUT2D eigenvalue weighted by atomic mass is 9.97. The standard InChI is InChI=1S/C55H34N4/c1-2-16-36(17-3-1)57-51-27-12-8-23-43(51)46-33-44-39-19-4-9-24-48(39)56-55(47(44)34-54(46)57)35-15-14-18-37(31-35)58-52-28-13-7-22-42(52)45-32-38(29-30-53(45)58)59-49-25-10-5-20-40(49)41-21-6-11-26-50(41)59/h1-34H. The minimum absolute atomic E-state index is 0.974. The number of aromatic nitrogens is 4. The van der Waals surface area contributed by atoms with Crippen LogP contribution in [0.4, 0.5) is 0 Å². The molecule has 0 radical (unpaired) electrons. The van der Waals surface area contributed by atoms with Crippen LogP contribution in [0.15, 0.2) is 206 Å². The molecular formula is C55H34N4. The third kappa shape index (κ3) is 4.63. The summed E-state index contributed by atoms with van der Waals surface area (Å²) >= 11 is 0. The summed E-state index contributed by atoms with van der Waals surface area (Å²) in [5, 5.41) is 10.9. The summed E-state index contributed by atoms with van der Waals surface area (Å²) in [5.74, 6) is 0. The van der Waals surface area contributed by atoms with Crippen molar-refractivity contribution in [3.05, 3.63) is 206 Å². The van der Waals surface area contributed by atoms with Gasteiger partial charge >= 0.3 is 0 Å².